The number of carbonyl (C=O) groups is 1. The number of aromatic carboxylic acids is 1. The minimum absolute atomic E-state index is 0. The van der Waals surface area contributed by atoms with Gasteiger partial charge in [-0.05, 0) is 41.8 Å². The monoisotopic (exact) mass is 403 g/mol. The number of nitrogens with two attached hydrogens (primary N) is 1. The van der Waals surface area contributed by atoms with Crippen molar-refractivity contribution in [1.82, 2.24) is 0 Å². The fourth-order valence-corrected chi connectivity index (χ4v) is 3.76. The average Bonchev–Trinajstić information content (AvgIpc) is 3.14. The molecule has 3 N–H and O–H groups in total. The lowest BCUT2D eigenvalue weighted by atomic mass is 10.1. The van der Waals surface area contributed by atoms with Crippen molar-refractivity contribution >= 4 is 39.5 Å². The van der Waals surface area contributed by atoms with Crippen molar-refractivity contribution in [3.05, 3.63) is 96.6 Å². The Bertz CT molecular complexity index is 1200. The summed E-state index contributed by atoms with van der Waals surface area (Å²) in [5, 5.41) is 16.0. The Balaban J connectivity index is 0.00000205. The molecule has 0 fully saturated rings. The molecule has 0 radical (unpaired) electrons. The molecule has 0 amide bonds. The van der Waals surface area contributed by atoms with Gasteiger partial charge in [0.25, 0.3) is 0 Å². The second-order valence-corrected chi connectivity index (χ2v) is 6.66. The zero-order valence-electron chi connectivity index (χ0n) is 15.4. The Hall–Kier alpha value is -3.54. The highest BCUT2D eigenvalue weighted by Crippen LogP contribution is 2.41. The first-order valence-electron chi connectivity index (χ1n) is 9.07. The van der Waals surface area contributed by atoms with Gasteiger partial charge in [0.05, 0.1) is 11.3 Å². The highest BCUT2D eigenvalue weighted by Gasteiger charge is 2.36. The van der Waals surface area contributed by atoms with E-state index < -0.39 is 5.97 Å². The molecule has 1 aliphatic rings. The van der Waals surface area contributed by atoms with Crippen molar-refractivity contribution in [2.75, 3.05) is 10.1 Å². The Morgan fingerprint density at radius 3 is 2.24 bits per heavy atom. The summed E-state index contributed by atoms with van der Waals surface area (Å²) in [5.41, 5.74) is 5.95. The van der Waals surface area contributed by atoms with Gasteiger partial charge in [0.2, 0.25) is 0 Å². The average molecular weight is 404 g/mol. The van der Waals surface area contributed by atoms with Gasteiger partial charge in [0.1, 0.15) is 11.4 Å². The summed E-state index contributed by atoms with van der Waals surface area (Å²) in [7, 11) is 0. The van der Waals surface area contributed by atoms with E-state index in [-0.39, 0.29) is 18.0 Å². The van der Waals surface area contributed by atoms with E-state index >= 15 is 0 Å². The number of anilines is 3. The fourth-order valence-electron chi connectivity index (χ4n) is 3.76. The molecule has 5 rings (SSSR count). The lowest BCUT2D eigenvalue weighted by Gasteiger charge is -2.28. The molecule has 4 aromatic rings. The maximum absolute atomic E-state index is 11.9. The van der Waals surface area contributed by atoms with Gasteiger partial charge in [-0.3, -0.25) is 0 Å². The Kier molecular flexibility index (Phi) is 4.84. The van der Waals surface area contributed by atoms with Crippen molar-refractivity contribution < 1.29 is 27.7 Å². The van der Waals surface area contributed by atoms with Crippen molar-refractivity contribution in [3.8, 4) is 0 Å². The highest BCUT2D eigenvalue weighted by atomic mass is 35.5. The maximum atomic E-state index is 11.9. The van der Waals surface area contributed by atoms with Crippen LogP contribution < -0.4 is 28.0 Å². The number of quaternary nitrogens is 1. The van der Waals surface area contributed by atoms with Crippen LogP contribution >= 0.6 is 0 Å². The molecule has 0 bridgehead atoms. The van der Waals surface area contributed by atoms with E-state index in [0.717, 1.165) is 27.8 Å². The summed E-state index contributed by atoms with van der Waals surface area (Å²) in [6, 6.07) is 29.4. The first-order valence-corrected chi connectivity index (χ1v) is 9.07. The van der Waals surface area contributed by atoms with Crippen LogP contribution in [0.15, 0.2) is 91.0 Å². The molecule has 0 saturated heterocycles. The molecule has 6 heteroatoms. The first-order chi connectivity index (χ1) is 13.7. The third-order valence-corrected chi connectivity index (χ3v) is 5.03. The zero-order valence-corrected chi connectivity index (χ0v) is 16.1. The van der Waals surface area contributed by atoms with Gasteiger partial charge in [0, 0.05) is 5.39 Å². The van der Waals surface area contributed by atoms with Crippen LogP contribution in [0.5, 0.6) is 0 Å². The second kappa shape index (κ2) is 7.47. The van der Waals surface area contributed by atoms with Crippen LogP contribution in [0.3, 0.4) is 0 Å². The number of para-hydroxylation sites is 2. The lowest BCUT2D eigenvalue weighted by Crippen LogP contribution is -3.00. The van der Waals surface area contributed by atoms with E-state index in [1.807, 2.05) is 64.7 Å². The SMILES string of the molecule is O=C(O)c1ccccc1N1c2ccc3ccccc3c2[NH2+]N1c1ccccc1.[Cl-]. The molecule has 0 saturated carbocycles. The molecule has 29 heavy (non-hydrogen) atoms. The van der Waals surface area contributed by atoms with Crippen LogP contribution in [0, 0.1) is 0 Å². The van der Waals surface area contributed by atoms with Gasteiger partial charge in [-0.2, -0.15) is 5.43 Å². The molecule has 1 heterocycles. The van der Waals surface area contributed by atoms with E-state index in [0.29, 0.717) is 5.69 Å². The van der Waals surface area contributed by atoms with E-state index in [1.165, 1.54) is 0 Å². The van der Waals surface area contributed by atoms with Gasteiger partial charge < -0.3 is 17.5 Å². The molecular formula is C23H18ClN3O2. The summed E-state index contributed by atoms with van der Waals surface area (Å²) in [6.45, 7) is 0. The number of benzene rings is 4. The molecule has 5 nitrogen and oxygen atoms in total. The van der Waals surface area contributed by atoms with Crippen molar-refractivity contribution in [3.63, 3.8) is 0 Å². The normalized spacial score (nSPS) is 12.6. The van der Waals surface area contributed by atoms with E-state index in [9.17, 15) is 9.90 Å². The molecule has 0 spiro atoms. The second-order valence-electron chi connectivity index (χ2n) is 6.66. The van der Waals surface area contributed by atoms with Gasteiger partial charge in [0.15, 0.2) is 5.69 Å². The van der Waals surface area contributed by atoms with Crippen LogP contribution in [-0.2, 0) is 0 Å². The minimum Gasteiger partial charge on any atom is -1.00 e. The topological polar surface area (TPSA) is 60.4 Å². The number of nitrogens with zero attached hydrogens (tertiary/aromatic N) is 2. The number of carboxylic acid groups (broad SMARTS) is 1. The van der Waals surface area contributed by atoms with Crippen molar-refractivity contribution in [2.45, 2.75) is 0 Å². The molecular weight excluding hydrogens is 386 g/mol. The summed E-state index contributed by atoms with van der Waals surface area (Å²) < 4.78 is 0. The molecule has 0 unspecified atom stereocenters. The summed E-state index contributed by atoms with van der Waals surface area (Å²) in [4.78, 5) is 11.9. The molecule has 4 aromatic carbocycles. The van der Waals surface area contributed by atoms with Gasteiger partial charge in [-0.25, -0.2) is 9.80 Å². The predicted octanol–water partition coefficient (Wildman–Crippen LogP) is 1.23. The van der Waals surface area contributed by atoms with Crippen LogP contribution in [0.2, 0.25) is 0 Å². The molecule has 0 aliphatic carbocycles. The molecule has 0 aromatic heterocycles. The predicted molar refractivity (Wildman–Crippen MR) is 110 cm³/mol. The van der Waals surface area contributed by atoms with Crippen molar-refractivity contribution in [2.24, 2.45) is 0 Å². The molecule has 144 valence electrons. The number of halogens is 1. The number of carboxylic acids is 1. The number of hydrogen-bond acceptors (Lipinski definition) is 3. The van der Waals surface area contributed by atoms with Crippen LogP contribution in [0.1, 0.15) is 10.4 Å². The van der Waals surface area contributed by atoms with Crippen LogP contribution in [0.4, 0.5) is 22.7 Å². The van der Waals surface area contributed by atoms with Crippen LogP contribution in [-0.4, -0.2) is 11.1 Å². The number of fused-ring (bicyclic) bond motifs is 3. The largest absolute Gasteiger partial charge is 1.00 e. The smallest absolute Gasteiger partial charge is 0.337 e. The van der Waals surface area contributed by atoms with E-state index in [1.54, 1.807) is 12.1 Å². The Labute approximate surface area is 174 Å². The quantitative estimate of drug-likeness (QED) is 0.399. The lowest BCUT2D eigenvalue weighted by molar-refractivity contribution is -0.575. The van der Waals surface area contributed by atoms with Gasteiger partial charge in [-0.15, -0.1) is 5.12 Å². The Morgan fingerprint density at radius 1 is 0.759 bits per heavy atom. The molecule has 0 atom stereocenters. The maximum Gasteiger partial charge on any atom is 0.337 e. The number of rotatable bonds is 3. The van der Waals surface area contributed by atoms with E-state index in [4.69, 9.17) is 0 Å². The minimum atomic E-state index is -0.946. The summed E-state index contributed by atoms with van der Waals surface area (Å²) >= 11 is 0. The number of hydrazine groups is 1. The first kappa shape index (κ1) is 18.8. The van der Waals surface area contributed by atoms with Gasteiger partial charge in [-0.1, -0.05) is 54.6 Å². The van der Waals surface area contributed by atoms with Crippen LogP contribution in [0.25, 0.3) is 10.8 Å². The van der Waals surface area contributed by atoms with E-state index in [2.05, 4.69) is 29.7 Å². The Morgan fingerprint density at radius 2 is 1.45 bits per heavy atom. The third kappa shape index (κ3) is 3.06. The highest BCUT2D eigenvalue weighted by molar-refractivity contribution is 6.02. The molecule has 1 aliphatic heterocycles. The van der Waals surface area contributed by atoms with Crippen molar-refractivity contribution in [1.29, 1.82) is 0 Å². The third-order valence-electron chi connectivity index (χ3n) is 5.03. The zero-order chi connectivity index (χ0) is 19.1. The standard InChI is InChI=1S/C23H17N3O2.ClH/c27-23(28)19-12-6-7-13-20(19)25-21-15-14-16-8-4-5-11-18(16)22(21)24-26(25)17-9-2-1-3-10-17;/h1-15,24H,(H,27,28);1H. The summed E-state index contributed by atoms with van der Waals surface area (Å²) in [6.07, 6.45) is 0. The fraction of sp³-hybridized carbons (Fsp3) is 0. The summed E-state index contributed by atoms with van der Waals surface area (Å²) in [5.74, 6) is -0.946. The number of hydrogen-bond donors (Lipinski definition) is 2. The van der Waals surface area contributed by atoms with Gasteiger partial charge >= 0.3 is 5.97 Å².